The lowest BCUT2D eigenvalue weighted by Gasteiger charge is -2.24. The Morgan fingerprint density at radius 1 is 1.07 bits per heavy atom. The molecule has 2 aromatic carbocycles. The highest BCUT2D eigenvalue weighted by atomic mass is 16.5. The smallest absolute Gasteiger partial charge is 0.328 e. The van der Waals surface area contributed by atoms with Crippen molar-refractivity contribution in [2.45, 2.75) is 40.7 Å². The van der Waals surface area contributed by atoms with E-state index in [0.717, 1.165) is 16.5 Å². The molecule has 2 rings (SSSR count). The van der Waals surface area contributed by atoms with Crippen LogP contribution >= 0.6 is 0 Å². The number of esters is 1. The molecule has 0 radical (unpaired) electrons. The van der Waals surface area contributed by atoms with Crippen LogP contribution in [0.15, 0.2) is 42.5 Å². The summed E-state index contributed by atoms with van der Waals surface area (Å²) < 4.78 is 5.15. The van der Waals surface area contributed by atoms with E-state index in [1.165, 1.54) is 0 Å². The predicted octanol–water partition coefficient (Wildman–Crippen LogP) is 3.29. The summed E-state index contributed by atoms with van der Waals surface area (Å²) in [4.78, 5) is 38.4. The molecule has 150 valence electrons. The van der Waals surface area contributed by atoms with Gasteiger partial charge in [-0.05, 0) is 25.3 Å². The number of carbonyl (C=O) groups excluding carboxylic acids is 3. The van der Waals surface area contributed by atoms with Crippen LogP contribution in [0.3, 0.4) is 0 Å². The molecular weight excluding hydrogens is 356 g/mol. The van der Waals surface area contributed by atoms with Crippen molar-refractivity contribution in [1.82, 2.24) is 5.32 Å². The Labute approximate surface area is 165 Å². The van der Waals surface area contributed by atoms with Crippen LogP contribution in [0.25, 0.3) is 10.8 Å². The van der Waals surface area contributed by atoms with Gasteiger partial charge in [0.25, 0.3) is 5.91 Å². The van der Waals surface area contributed by atoms with Crippen LogP contribution in [0.4, 0.5) is 5.69 Å². The first kappa shape index (κ1) is 21.4. The van der Waals surface area contributed by atoms with Gasteiger partial charge in [0.05, 0.1) is 5.69 Å². The zero-order valence-corrected chi connectivity index (χ0v) is 17.1. The highest BCUT2D eigenvalue weighted by molar-refractivity contribution is 6.04. The number of anilines is 1. The summed E-state index contributed by atoms with van der Waals surface area (Å²) in [7, 11) is 0. The number of benzene rings is 2. The van der Waals surface area contributed by atoms with E-state index in [1.807, 2.05) is 49.4 Å². The lowest BCUT2D eigenvalue weighted by Crippen LogP contribution is -2.45. The monoisotopic (exact) mass is 384 g/mol. The second-order valence-electron chi connectivity index (χ2n) is 7.69. The maximum Gasteiger partial charge on any atom is 0.328 e. The quantitative estimate of drug-likeness (QED) is 0.776. The van der Waals surface area contributed by atoms with Gasteiger partial charge in [0, 0.05) is 17.3 Å². The number of carbonyl (C=O) groups is 3. The average molecular weight is 384 g/mol. The number of hydrogen-bond donors (Lipinski definition) is 1. The minimum Gasteiger partial charge on any atom is -0.454 e. The van der Waals surface area contributed by atoms with E-state index in [1.54, 1.807) is 32.6 Å². The molecule has 6 heteroatoms. The molecule has 0 bridgehead atoms. The molecule has 0 saturated heterocycles. The van der Waals surface area contributed by atoms with Gasteiger partial charge in [-0.3, -0.25) is 9.59 Å². The van der Waals surface area contributed by atoms with Crippen LogP contribution in [0.2, 0.25) is 0 Å². The highest BCUT2D eigenvalue weighted by Crippen LogP contribution is 2.26. The van der Waals surface area contributed by atoms with Crippen LogP contribution in [-0.2, 0) is 19.1 Å². The van der Waals surface area contributed by atoms with Crippen LogP contribution in [-0.4, -0.2) is 37.0 Å². The van der Waals surface area contributed by atoms with E-state index in [-0.39, 0.29) is 18.4 Å². The van der Waals surface area contributed by atoms with Gasteiger partial charge in [-0.2, -0.15) is 0 Å². The zero-order chi connectivity index (χ0) is 20.9. The molecule has 0 fully saturated rings. The van der Waals surface area contributed by atoms with Gasteiger partial charge < -0.3 is 15.0 Å². The fourth-order valence-electron chi connectivity index (χ4n) is 2.73. The average Bonchev–Trinajstić information content (AvgIpc) is 2.66. The molecule has 0 aliphatic rings. The van der Waals surface area contributed by atoms with Gasteiger partial charge in [-0.1, -0.05) is 57.2 Å². The number of ether oxygens (including phenoxy) is 1. The summed E-state index contributed by atoms with van der Waals surface area (Å²) in [5.74, 6) is -1.21. The topological polar surface area (TPSA) is 75.7 Å². The Bertz CT molecular complexity index is 865. The Balaban J connectivity index is 2.04. The van der Waals surface area contributed by atoms with Gasteiger partial charge >= 0.3 is 5.97 Å². The van der Waals surface area contributed by atoms with Crippen molar-refractivity contribution < 1.29 is 19.1 Å². The molecule has 0 heterocycles. The first-order chi connectivity index (χ1) is 13.1. The van der Waals surface area contributed by atoms with Crippen molar-refractivity contribution in [2.24, 2.45) is 5.41 Å². The third-order valence-electron chi connectivity index (χ3n) is 4.39. The molecule has 0 spiro atoms. The Morgan fingerprint density at radius 2 is 1.71 bits per heavy atom. The van der Waals surface area contributed by atoms with Gasteiger partial charge in [-0.25, -0.2) is 4.79 Å². The number of hydrogen-bond acceptors (Lipinski definition) is 4. The molecule has 2 amide bonds. The number of rotatable bonds is 6. The van der Waals surface area contributed by atoms with Crippen LogP contribution in [0, 0.1) is 5.41 Å². The Morgan fingerprint density at radius 3 is 2.36 bits per heavy atom. The van der Waals surface area contributed by atoms with E-state index in [0.29, 0.717) is 6.54 Å². The molecule has 0 aromatic heterocycles. The van der Waals surface area contributed by atoms with Crippen molar-refractivity contribution in [3.63, 3.8) is 0 Å². The number of fused-ring (bicyclic) bond motifs is 1. The SMILES string of the molecule is CCN(C(=O)COC(=O)C(C)NC(=O)C(C)(C)C)c1cccc2ccccc12. The van der Waals surface area contributed by atoms with Crippen LogP contribution < -0.4 is 10.2 Å². The fraction of sp³-hybridized carbons (Fsp3) is 0.409. The molecule has 0 aliphatic carbocycles. The third-order valence-corrected chi connectivity index (χ3v) is 4.39. The summed E-state index contributed by atoms with van der Waals surface area (Å²) in [5, 5.41) is 4.59. The first-order valence-corrected chi connectivity index (χ1v) is 9.41. The van der Waals surface area contributed by atoms with Gasteiger partial charge in [0.15, 0.2) is 6.61 Å². The largest absolute Gasteiger partial charge is 0.454 e. The van der Waals surface area contributed by atoms with Crippen molar-refractivity contribution in [2.75, 3.05) is 18.1 Å². The Kier molecular flexibility index (Phi) is 6.78. The molecule has 1 unspecified atom stereocenters. The predicted molar refractivity (Wildman–Crippen MR) is 110 cm³/mol. The minimum absolute atomic E-state index is 0.255. The van der Waals surface area contributed by atoms with Gasteiger partial charge in [0.2, 0.25) is 5.91 Å². The van der Waals surface area contributed by atoms with E-state index in [2.05, 4.69) is 5.32 Å². The van der Waals surface area contributed by atoms with E-state index in [9.17, 15) is 14.4 Å². The molecule has 0 saturated carbocycles. The molecule has 1 N–H and O–H groups in total. The molecule has 6 nitrogen and oxygen atoms in total. The second kappa shape index (κ2) is 8.87. The van der Waals surface area contributed by atoms with Crippen molar-refractivity contribution in [3.8, 4) is 0 Å². The summed E-state index contributed by atoms with van der Waals surface area (Å²) in [6.07, 6.45) is 0. The maximum absolute atomic E-state index is 12.7. The highest BCUT2D eigenvalue weighted by Gasteiger charge is 2.26. The lowest BCUT2D eigenvalue weighted by molar-refractivity contribution is -0.151. The molecule has 1 atom stereocenters. The summed E-state index contributed by atoms with van der Waals surface area (Å²) in [5.41, 5.74) is 0.160. The summed E-state index contributed by atoms with van der Waals surface area (Å²) in [6.45, 7) is 8.74. The number of likely N-dealkylation sites (N-methyl/N-ethyl adjacent to an activating group) is 1. The Hall–Kier alpha value is -2.89. The van der Waals surface area contributed by atoms with Gasteiger partial charge in [-0.15, -0.1) is 0 Å². The van der Waals surface area contributed by atoms with E-state index >= 15 is 0 Å². The molecule has 28 heavy (non-hydrogen) atoms. The normalized spacial score (nSPS) is 12.3. The summed E-state index contributed by atoms with van der Waals surface area (Å²) >= 11 is 0. The molecule has 0 aliphatic heterocycles. The van der Waals surface area contributed by atoms with Crippen molar-refractivity contribution in [1.29, 1.82) is 0 Å². The van der Waals surface area contributed by atoms with Crippen LogP contribution in [0.5, 0.6) is 0 Å². The zero-order valence-electron chi connectivity index (χ0n) is 17.1. The standard InChI is InChI=1S/C22H28N2O4/c1-6-24(18-13-9-11-16-10-7-8-12-17(16)18)19(25)14-28-20(26)15(2)23-21(27)22(3,4)5/h7-13,15H,6,14H2,1-5H3,(H,23,27). The van der Waals surface area contributed by atoms with Gasteiger partial charge in [0.1, 0.15) is 6.04 Å². The van der Waals surface area contributed by atoms with Crippen molar-refractivity contribution >= 4 is 34.2 Å². The molecule has 2 aromatic rings. The number of nitrogens with zero attached hydrogens (tertiary/aromatic N) is 1. The number of nitrogens with one attached hydrogen (secondary N) is 1. The first-order valence-electron chi connectivity index (χ1n) is 9.41. The fourth-order valence-corrected chi connectivity index (χ4v) is 2.73. The minimum atomic E-state index is -0.827. The van der Waals surface area contributed by atoms with Crippen molar-refractivity contribution in [3.05, 3.63) is 42.5 Å². The number of amides is 2. The second-order valence-corrected chi connectivity index (χ2v) is 7.69. The summed E-state index contributed by atoms with van der Waals surface area (Å²) in [6, 6.07) is 12.7. The maximum atomic E-state index is 12.7. The lowest BCUT2D eigenvalue weighted by atomic mass is 9.95. The van der Waals surface area contributed by atoms with E-state index in [4.69, 9.17) is 4.74 Å². The van der Waals surface area contributed by atoms with Crippen LogP contribution in [0.1, 0.15) is 34.6 Å². The third kappa shape index (κ3) is 5.09. The molecular formula is C22H28N2O4. The van der Waals surface area contributed by atoms with E-state index < -0.39 is 17.4 Å².